The first-order valence-electron chi connectivity index (χ1n) is 2.83. The van der Waals surface area contributed by atoms with Crippen molar-refractivity contribution in [3.8, 4) is 0 Å². The summed E-state index contributed by atoms with van der Waals surface area (Å²) < 4.78 is 0. The monoisotopic (exact) mass is 172 g/mol. The van der Waals surface area contributed by atoms with Crippen LogP contribution >= 0.6 is 11.3 Å². The number of anilines is 1. The van der Waals surface area contributed by atoms with E-state index in [4.69, 9.17) is 5.73 Å². The SMILES string of the molecule is Nc1ncc(CNC(=O)[O-])s1. The molecule has 0 fully saturated rings. The van der Waals surface area contributed by atoms with Gasteiger partial charge in [-0.05, 0) is 0 Å². The van der Waals surface area contributed by atoms with Crippen LogP contribution in [0.1, 0.15) is 4.88 Å². The van der Waals surface area contributed by atoms with Crippen molar-refractivity contribution in [2.75, 3.05) is 5.73 Å². The van der Waals surface area contributed by atoms with Gasteiger partial charge in [0.2, 0.25) is 0 Å². The molecule has 11 heavy (non-hydrogen) atoms. The number of hydrogen-bond donors (Lipinski definition) is 2. The van der Waals surface area contributed by atoms with Crippen LogP contribution in [0.25, 0.3) is 0 Å². The molecule has 6 heteroatoms. The van der Waals surface area contributed by atoms with Crippen LogP contribution in [0.2, 0.25) is 0 Å². The van der Waals surface area contributed by atoms with Gasteiger partial charge in [0, 0.05) is 11.1 Å². The Hall–Kier alpha value is -1.30. The first-order chi connectivity index (χ1) is 5.18. The molecule has 0 radical (unpaired) electrons. The summed E-state index contributed by atoms with van der Waals surface area (Å²) in [5, 5.41) is 12.4. The lowest BCUT2D eigenvalue weighted by molar-refractivity contribution is -0.251. The summed E-state index contributed by atoms with van der Waals surface area (Å²) in [5.41, 5.74) is 5.30. The number of nitrogens with one attached hydrogen (secondary N) is 1. The third-order valence-corrected chi connectivity index (χ3v) is 1.80. The summed E-state index contributed by atoms with van der Waals surface area (Å²) in [6.45, 7) is 0.206. The second-order valence-electron chi connectivity index (χ2n) is 1.81. The molecule has 0 atom stereocenters. The third-order valence-electron chi connectivity index (χ3n) is 0.978. The molecule has 3 N–H and O–H groups in total. The zero-order chi connectivity index (χ0) is 8.27. The molecule has 1 heterocycles. The fourth-order valence-electron chi connectivity index (χ4n) is 0.564. The van der Waals surface area contributed by atoms with E-state index in [1.807, 2.05) is 0 Å². The smallest absolute Gasteiger partial charge is 0.180 e. The largest absolute Gasteiger partial charge is 0.530 e. The van der Waals surface area contributed by atoms with Gasteiger partial charge >= 0.3 is 0 Å². The second-order valence-corrected chi connectivity index (χ2v) is 2.95. The molecule has 0 aromatic carbocycles. The van der Waals surface area contributed by atoms with Crippen LogP contribution < -0.4 is 16.2 Å². The topological polar surface area (TPSA) is 91.1 Å². The molecule has 60 valence electrons. The van der Waals surface area contributed by atoms with Crippen molar-refractivity contribution in [3.63, 3.8) is 0 Å². The number of carbonyl (C=O) groups excluding carboxylic acids is 1. The molecule has 0 aliphatic rings. The number of rotatable bonds is 2. The Bertz CT molecular complexity index is 260. The van der Waals surface area contributed by atoms with Gasteiger partial charge in [0.25, 0.3) is 0 Å². The Morgan fingerprint density at radius 2 is 2.64 bits per heavy atom. The van der Waals surface area contributed by atoms with Crippen molar-refractivity contribution in [3.05, 3.63) is 11.1 Å². The van der Waals surface area contributed by atoms with Crippen molar-refractivity contribution in [2.24, 2.45) is 0 Å². The molecule has 1 aromatic rings. The van der Waals surface area contributed by atoms with E-state index in [0.717, 1.165) is 4.88 Å². The highest BCUT2D eigenvalue weighted by Crippen LogP contribution is 2.13. The minimum absolute atomic E-state index is 0.206. The summed E-state index contributed by atoms with van der Waals surface area (Å²) in [5.74, 6) is 0. The molecule has 1 amide bonds. The Labute approximate surface area is 66.9 Å². The molecule has 0 spiro atoms. The van der Waals surface area contributed by atoms with Crippen molar-refractivity contribution >= 4 is 22.6 Å². The van der Waals surface area contributed by atoms with Gasteiger partial charge in [0.15, 0.2) is 5.13 Å². The number of nitrogens with two attached hydrogens (primary N) is 1. The fourth-order valence-corrected chi connectivity index (χ4v) is 1.19. The van der Waals surface area contributed by atoms with E-state index in [9.17, 15) is 9.90 Å². The lowest BCUT2D eigenvalue weighted by Crippen LogP contribution is -2.35. The first kappa shape index (κ1) is 7.80. The zero-order valence-corrected chi connectivity index (χ0v) is 6.35. The van der Waals surface area contributed by atoms with E-state index in [1.165, 1.54) is 17.5 Å². The van der Waals surface area contributed by atoms with Crippen molar-refractivity contribution < 1.29 is 9.90 Å². The summed E-state index contributed by atoms with van der Waals surface area (Å²) in [6, 6.07) is 0. The van der Waals surface area contributed by atoms with E-state index >= 15 is 0 Å². The van der Waals surface area contributed by atoms with Crippen molar-refractivity contribution in [2.45, 2.75) is 6.54 Å². The molecule has 0 saturated heterocycles. The van der Waals surface area contributed by atoms with Crippen LogP contribution in [-0.2, 0) is 6.54 Å². The number of thiazole rings is 1. The number of amides is 1. The molecule has 0 aliphatic carbocycles. The summed E-state index contributed by atoms with van der Waals surface area (Å²) in [7, 11) is 0. The van der Waals surface area contributed by atoms with Crippen molar-refractivity contribution in [1.29, 1.82) is 0 Å². The van der Waals surface area contributed by atoms with Crippen LogP contribution in [0.3, 0.4) is 0 Å². The number of nitrogen functional groups attached to an aromatic ring is 1. The summed E-state index contributed by atoms with van der Waals surface area (Å²) >= 11 is 1.24. The van der Waals surface area contributed by atoms with Gasteiger partial charge in [0.1, 0.15) is 6.09 Å². The quantitative estimate of drug-likeness (QED) is 0.608. The van der Waals surface area contributed by atoms with E-state index in [-0.39, 0.29) is 6.54 Å². The number of carbonyl (C=O) groups is 1. The number of nitrogens with zero attached hydrogens (tertiary/aromatic N) is 1. The molecule has 0 saturated carbocycles. The Morgan fingerprint density at radius 3 is 3.09 bits per heavy atom. The van der Waals surface area contributed by atoms with E-state index in [2.05, 4.69) is 10.3 Å². The molecular formula is C5H6N3O2S-. The normalized spacial score (nSPS) is 9.45. The van der Waals surface area contributed by atoms with Gasteiger partial charge in [-0.3, -0.25) is 0 Å². The van der Waals surface area contributed by atoms with Gasteiger partial charge in [0.05, 0.1) is 6.54 Å². The second kappa shape index (κ2) is 3.20. The number of hydrogen-bond acceptors (Lipinski definition) is 5. The molecular weight excluding hydrogens is 166 g/mol. The van der Waals surface area contributed by atoms with Gasteiger partial charge in [-0.2, -0.15) is 0 Å². The molecule has 0 unspecified atom stereocenters. The van der Waals surface area contributed by atoms with Crippen molar-refractivity contribution in [1.82, 2.24) is 10.3 Å². The van der Waals surface area contributed by atoms with Gasteiger partial charge in [-0.15, -0.1) is 11.3 Å². The average molecular weight is 172 g/mol. The first-order valence-corrected chi connectivity index (χ1v) is 3.65. The maximum atomic E-state index is 9.91. The Morgan fingerprint density at radius 1 is 1.91 bits per heavy atom. The molecule has 5 nitrogen and oxygen atoms in total. The molecule has 1 aromatic heterocycles. The number of carboxylic acid groups (broad SMARTS) is 1. The molecule has 1 rings (SSSR count). The van der Waals surface area contributed by atoms with E-state index in [1.54, 1.807) is 0 Å². The highest BCUT2D eigenvalue weighted by molar-refractivity contribution is 7.15. The van der Waals surface area contributed by atoms with Crippen LogP contribution in [-0.4, -0.2) is 11.1 Å². The average Bonchev–Trinajstić information content (AvgIpc) is 2.31. The Balaban J connectivity index is 2.45. The van der Waals surface area contributed by atoms with E-state index < -0.39 is 6.09 Å². The predicted octanol–water partition coefficient (Wildman–Crippen LogP) is -0.842. The van der Waals surface area contributed by atoms with E-state index in [0.29, 0.717) is 5.13 Å². The molecule has 0 aliphatic heterocycles. The lowest BCUT2D eigenvalue weighted by atomic mass is 10.5. The molecule has 0 bridgehead atoms. The third kappa shape index (κ3) is 2.42. The van der Waals surface area contributed by atoms with Crippen LogP contribution in [0.15, 0.2) is 6.20 Å². The van der Waals surface area contributed by atoms with Crippen LogP contribution in [0.4, 0.5) is 9.93 Å². The minimum Gasteiger partial charge on any atom is -0.530 e. The van der Waals surface area contributed by atoms with Gasteiger partial charge in [-0.1, -0.05) is 0 Å². The van der Waals surface area contributed by atoms with Gasteiger partial charge < -0.3 is 21.0 Å². The Kier molecular flexibility index (Phi) is 2.27. The minimum atomic E-state index is -1.29. The highest BCUT2D eigenvalue weighted by Gasteiger charge is 1.96. The van der Waals surface area contributed by atoms with Gasteiger partial charge in [-0.25, -0.2) is 4.98 Å². The lowest BCUT2D eigenvalue weighted by Gasteiger charge is -2.02. The summed E-state index contributed by atoms with van der Waals surface area (Å²) in [4.78, 5) is 14.4. The zero-order valence-electron chi connectivity index (χ0n) is 5.53. The maximum absolute atomic E-state index is 9.91. The number of aromatic nitrogens is 1. The van der Waals surface area contributed by atoms with Crippen LogP contribution in [0.5, 0.6) is 0 Å². The standard InChI is InChI=1S/C5H7N3O2S/c6-4-7-1-3(11-4)2-8-5(9)10/h1,8H,2H2,(H2,6,7)(H,9,10)/p-1. The summed E-state index contributed by atoms with van der Waals surface area (Å²) in [6.07, 6.45) is 0.229. The highest BCUT2D eigenvalue weighted by atomic mass is 32.1. The predicted molar refractivity (Wildman–Crippen MR) is 38.8 cm³/mol. The van der Waals surface area contributed by atoms with Crippen LogP contribution in [0, 0.1) is 0 Å². The fraction of sp³-hybridized carbons (Fsp3) is 0.200. The maximum Gasteiger partial charge on any atom is 0.180 e.